The van der Waals surface area contributed by atoms with Gasteiger partial charge in [0.15, 0.2) is 6.29 Å². The molecule has 0 bridgehead atoms. The second-order valence-corrected chi connectivity index (χ2v) is 18.9. The molecule has 0 aliphatic carbocycles. The molecule has 382 valence electrons. The average Bonchev–Trinajstić information content (AvgIpc) is 3.31. The van der Waals surface area contributed by atoms with Gasteiger partial charge < -0.3 is 50.5 Å². The summed E-state index contributed by atoms with van der Waals surface area (Å²) in [6.45, 7) is 3.40. The van der Waals surface area contributed by atoms with Gasteiger partial charge in [-0.3, -0.25) is 4.79 Å². The fraction of sp³-hybridized carbons (Fsp3) is 0.870. The van der Waals surface area contributed by atoms with E-state index in [1.165, 1.54) is 148 Å². The van der Waals surface area contributed by atoms with Gasteiger partial charge in [-0.1, -0.05) is 198 Å². The van der Waals surface area contributed by atoms with Crippen LogP contribution in [-0.2, 0) is 14.3 Å². The van der Waals surface area contributed by atoms with Gasteiger partial charge in [-0.25, -0.2) is 0 Å². The molecule has 9 atom stereocenters. The van der Waals surface area contributed by atoms with Crippen LogP contribution in [0.5, 0.6) is 0 Å². The lowest BCUT2D eigenvalue weighted by atomic mass is 9.98. The first kappa shape index (κ1) is 61.3. The molecule has 1 heterocycles. The quantitative estimate of drug-likeness (QED) is 0.0216. The largest absolute Gasteiger partial charge is 0.394 e. The van der Waals surface area contributed by atoms with Crippen LogP contribution in [-0.4, -0.2) is 110 Å². The van der Waals surface area contributed by atoms with E-state index < -0.39 is 74.2 Å². The van der Waals surface area contributed by atoms with Crippen molar-refractivity contribution >= 4 is 5.91 Å². The molecular formula is C54H101NO10. The molecule has 1 aliphatic rings. The number of ether oxygens (including phenoxy) is 2. The molecule has 1 amide bonds. The van der Waals surface area contributed by atoms with Gasteiger partial charge in [-0.05, 0) is 70.6 Å². The van der Waals surface area contributed by atoms with E-state index in [1.807, 2.05) is 0 Å². The summed E-state index contributed by atoms with van der Waals surface area (Å²) >= 11 is 0. The Morgan fingerprint density at radius 1 is 0.538 bits per heavy atom. The van der Waals surface area contributed by atoms with Crippen LogP contribution in [0, 0.1) is 0 Å². The SMILES string of the molecule is CCCCCCC/C=C/CCCC(O)C(O)C(COC1OC(CO)C(O)C(O)C1O)NC(=O)C(O)CCCCCCCCCCCCCC/C=C\C/C=C\CCCCCCCCCCC. The molecule has 11 heteroatoms. The Morgan fingerprint density at radius 2 is 0.954 bits per heavy atom. The van der Waals surface area contributed by atoms with Crippen LogP contribution >= 0.6 is 0 Å². The summed E-state index contributed by atoms with van der Waals surface area (Å²) in [4.78, 5) is 13.1. The lowest BCUT2D eigenvalue weighted by Gasteiger charge is -2.40. The van der Waals surface area contributed by atoms with Crippen LogP contribution in [0.1, 0.15) is 232 Å². The van der Waals surface area contributed by atoms with E-state index in [4.69, 9.17) is 9.47 Å². The van der Waals surface area contributed by atoms with E-state index >= 15 is 0 Å². The number of aliphatic hydroxyl groups excluding tert-OH is 7. The maximum absolute atomic E-state index is 13.1. The monoisotopic (exact) mass is 924 g/mol. The Balaban J connectivity index is 2.26. The molecule has 11 nitrogen and oxygen atoms in total. The van der Waals surface area contributed by atoms with Gasteiger partial charge in [0.25, 0.3) is 0 Å². The second-order valence-electron chi connectivity index (χ2n) is 18.9. The summed E-state index contributed by atoms with van der Waals surface area (Å²) in [5.74, 6) is -0.709. The van der Waals surface area contributed by atoms with E-state index in [1.54, 1.807) is 0 Å². The smallest absolute Gasteiger partial charge is 0.249 e. The maximum Gasteiger partial charge on any atom is 0.249 e. The summed E-state index contributed by atoms with van der Waals surface area (Å²) in [6, 6.07) is -1.18. The van der Waals surface area contributed by atoms with Gasteiger partial charge in [0.05, 0.1) is 25.4 Å². The van der Waals surface area contributed by atoms with Crippen LogP contribution < -0.4 is 5.32 Å². The third kappa shape index (κ3) is 32.7. The number of unbranched alkanes of at least 4 members (excludes halogenated alkanes) is 27. The van der Waals surface area contributed by atoms with Crippen LogP contribution in [0.25, 0.3) is 0 Å². The minimum atomic E-state index is -1.67. The number of carbonyl (C=O) groups is 1. The van der Waals surface area contributed by atoms with Gasteiger partial charge in [-0.2, -0.15) is 0 Å². The first-order valence-electron chi connectivity index (χ1n) is 26.9. The molecule has 9 unspecified atom stereocenters. The molecule has 0 aromatic heterocycles. The number of allylic oxidation sites excluding steroid dienone is 6. The van der Waals surface area contributed by atoms with Crippen molar-refractivity contribution in [1.82, 2.24) is 5.32 Å². The molecule has 1 fully saturated rings. The minimum absolute atomic E-state index is 0.252. The first-order valence-corrected chi connectivity index (χ1v) is 26.9. The van der Waals surface area contributed by atoms with Gasteiger partial charge in [0.1, 0.15) is 36.6 Å². The molecule has 1 saturated heterocycles. The number of aliphatic hydroxyl groups is 7. The molecule has 0 radical (unpaired) electrons. The number of nitrogens with one attached hydrogen (secondary N) is 1. The number of hydrogen-bond acceptors (Lipinski definition) is 10. The van der Waals surface area contributed by atoms with Crippen molar-refractivity contribution in [2.45, 2.75) is 287 Å². The Kier molecular flexibility index (Phi) is 41.1. The molecule has 65 heavy (non-hydrogen) atoms. The predicted molar refractivity (Wildman–Crippen MR) is 265 cm³/mol. The van der Waals surface area contributed by atoms with Crippen LogP contribution in [0.2, 0.25) is 0 Å². The molecule has 0 saturated carbocycles. The van der Waals surface area contributed by atoms with Crippen LogP contribution in [0.3, 0.4) is 0 Å². The van der Waals surface area contributed by atoms with Gasteiger partial charge in [0, 0.05) is 0 Å². The summed E-state index contributed by atoms with van der Waals surface area (Å²) in [6.07, 6.45) is 40.8. The predicted octanol–water partition coefficient (Wildman–Crippen LogP) is 10.3. The molecular weight excluding hydrogens is 823 g/mol. The van der Waals surface area contributed by atoms with Crippen molar-refractivity contribution in [2.75, 3.05) is 13.2 Å². The number of carbonyl (C=O) groups excluding carboxylic acids is 1. The van der Waals surface area contributed by atoms with Crippen molar-refractivity contribution in [3.8, 4) is 0 Å². The second kappa shape index (κ2) is 43.6. The third-order valence-corrected chi connectivity index (χ3v) is 12.9. The molecule has 1 rings (SSSR count). The van der Waals surface area contributed by atoms with Crippen molar-refractivity contribution in [2.24, 2.45) is 0 Å². The maximum atomic E-state index is 13.1. The third-order valence-electron chi connectivity index (χ3n) is 12.9. The normalized spacial score (nSPS) is 21.2. The van der Waals surface area contributed by atoms with E-state index in [-0.39, 0.29) is 12.8 Å². The number of amides is 1. The van der Waals surface area contributed by atoms with Gasteiger partial charge in [-0.15, -0.1) is 0 Å². The molecule has 1 aliphatic heterocycles. The topological polar surface area (TPSA) is 189 Å². The fourth-order valence-corrected chi connectivity index (χ4v) is 8.47. The highest BCUT2D eigenvalue weighted by Gasteiger charge is 2.44. The molecule has 0 aromatic carbocycles. The zero-order chi connectivity index (χ0) is 47.6. The Hall–Kier alpha value is -1.67. The standard InChI is InChI=1S/C54H101NO10/c1-3-5-7-9-11-13-15-16-17-18-19-20-21-22-23-24-25-26-27-28-29-30-31-32-34-36-38-40-42-47(58)53(63)55-45(44-64-54-52(62)51(61)50(60)48(43-56)65-54)49(59)46(57)41-39-37-35-33-14-12-10-8-6-4-2/h19-20,22-23,33,35,45-52,54,56-62H,3-18,21,24-32,34,36-44H2,1-2H3,(H,55,63)/b20-19-,23-22-,35-33+. The highest BCUT2D eigenvalue weighted by Crippen LogP contribution is 2.23. The lowest BCUT2D eigenvalue weighted by molar-refractivity contribution is -0.303. The molecule has 0 spiro atoms. The van der Waals surface area contributed by atoms with E-state index in [0.29, 0.717) is 12.8 Å². The zero-order valence-electron chi connectivity index (χ0n) is 41.5. The van der Waals surface area contributed by atoms with Crippen LogP contribution in [0.15, 0.2) is 36.5 Å². The van der Waals surface area contributed by atoms with Gasteiger partial charge in [0.2, 0.25) is 5.91 Å². The Morgan fingerprint density at radius 3 is 1.42 bits per heavy atom. The summed E-state index contributed by atoms with van der Waals surface area (Å²) in [5, 5.41) is 75.7. The van der Waals surface area contributed by atoms with Crippen molar-refractivity contribution in [1.29, 1.82) is 0 Å². The summed E-state index contributed by atoms with van der Waals surface area (Å²) < 4.78 is 11.1. The summed E-state index contributed by atoms with van der Waals surface area (Å²) in [5.41, 5.74) is 0. The molecule has 0 aromatic rings. The van der Waals surface area contributed by atoms with Crippen molar-refractivity contribution < 1.29 is 50.0 Å². The van der Waals surface area contributed by atoms with Crippen molar-refractivity contribution in [3.63, 3.8) is 0 Å². The Bertz CT molecular complexity index is 1150. The Labute approximate surface area is 397 Å². The average molecular weight is 924 g/mol. The van der Waals surface area contributed by atoms with Crippen LogP contribution in [0.4, 0.5) is 0 Å². The minimum Gasteiger partial charge on any atom is -0.394 e. The van der Waals surface area contributed by atoms with E-state index in [9.17, 15) is 40.5 Å². The molecule has 8 N–H and O–H groups in total. The fourth-order valence-electron chi connectivity index (χ4n) is 8.47. The lowest BCUT2D eigenvalue weighted by Crippen LogP contribution is -2.60. The highest BCUT2D eigenvalue weighted by atomic mass is 16.7. The van der Waals surface area contributed by atoms with E-state index in [0.717, 1.165) is 44.9 Å². The summed E-state index contributed by atoms with van der Waals surface area (Å²) in [7, 11) is 0. The number of hydrogen-bond donors (Lipinski definition) is 8. The van der Waals surface area contributed by atoms with E-state index in [2.05, 4.69) is 55.6 Å². The zero-order valence-corrected chi connectivity index (χ0v) is 41.5. The van der Waals surface area contributed by atoms with Gasteiger partial charge >= 0.3 is 0 Å². The first-order chi connectivity index (χ1) is 31.7. The number of rotatable bonds is 45. The van der Waals surface area contributed by atoms with Crippen molar-refractivity contribution in [3.05, 3.63) is 36.5 Å². The highest BCUT2D eigenvalue weighted by molar-refractivity contribution is 5.80.